The summed E-state index contributed by atoms with van der Waals surface area (Å²) in [6.07, 6.45) is -1.21. The van der Waals surface area contributed by atoms with E-state index in [9.17, 15) is 18.0 Å². The highest BCUT2D eigenvalue weighted by atomic mass is 19.4. The van der Waals surface area contributed by atoms with Gasteiger partial charge in [-0.1, -0.05) is 30.3 Å². The molecule has 0 unspecified atom stereocenters. The summed E-state index contributed by atoms with van der Waals surface area (Å²) >= 11 is 0. The Morgan fingerprint density at radius 1 is 0.929 bits per heavy atom. The van der Waals surface area contributed by atoms with Gasteiger partial charge in [-0.2, -0.15) is 4.57 Å². The number of carbonyl (C=O) groups is 1. The van der Waals surface area contributed by atoms with Crippen LogP contribution in [0, 0.1) is 0 Å². The number of carbonyl (C=O) groups excluding carboxylic acids is 1. The van der Waals surface area contributed by atoms with Crippen LogP contribution in [0.3, 0.4) is 0 Å². The van der Waals surface area contributed by atoms with E-state index in [0.29, 0.717) is 12.1 Å². The number of aromatic nitrogens is 1. The van der Waals surface area contributed by atoms with Crippen molar-refractivity contribution in [2.24, 2.45) is 0 Å². The number of pyridine rings is 1. The van der Waals surface area contributed by atoms with Gasteiger partial charge in [0.05, 0.1) is 0 Å². The zero-order valence-corrected chi connectivity index (χ0v) is 14.8. The number of alkyl halides is 3. The topological polar surface area (TPSA) is 42.2 Å². The molecule has 0 spiro atoms. The summed E-state index contributed by atoms with van der Waals surface area (Å²) in [6.45, 7) is 0.772. The van der Waals surface area contributed by atoms with Crippen LogP contribution in [0.15, 0.2) is 79.1 Å². The lowest BCUT2D eigenvalue weighted by Crippen LogP contribution is -2.37. The second-order valence-corrected chi connectivity index (χ2v) is 6.09. The molecule has 28 heavy (non-hydrogen) atoms. The zero-order chi connectivity index (χ0) is 20.0. The summed E-state index contributed by atoms with van der Waals surface area (Å²) in [7, 11) is 0. The molecular weight excluding hydrogens is 369 g/mol. The summed E-state index contributed by atoms with van der Waals surface area (Å²) in [4.78, 5) is 12.3. The van der Waals surface area contributed by atoms with Crippen molar-refractivity contribution in [3.63, 3.8) is 0 Å². The molecule has 3 rings (SSSR count). The van der Waals surface area contributed by atoms with Gasteiger partial charge in [0, 0.05) is 29.9 Å². The van der Waals surface area contributed by atoms with E-state index in [0.717, 1.165) is 23.4 Å². The van der Waals surface area contributed by atoms with Gasteiger partial charge < -0.3 is 10.1 Å². The molecule has 0 atom stereocenters. The largest absolute Gasteiger partial charge is 0.573 e. The maximum atomic E-state index is 12.3. The number of ketones is 1. The number of hydrogen-bond donors (Lipinski definition) is 1. The van der Waals surface area contributed by atoms with Crippen LogP contribution in [0.5, 0.6) is 5.75 Å². The molecule has 144 valence electrons. The molecule has 0 saturated carbocycles. The van der Waals surface area contributed by atoms with Gasteiger partial charge in [-0.15, -0.1) is 13.2 Å². The lowest BCUT2D eigenvalue weighted by Gasteiger charge is -2.08. The Bertz CT molecular complexity index is 909. The monoisotopic (exact) mass is 387 g/mol. The van der Waals surface area contributed by atoms with Crippen molar-refractivity contribution in [1.82, 2.24) is 0 Å². The van der Waals surface area contributed by atoms with E-state index < -0.39 is 6.36 Å². The number of Topliss-reactive ketones (excluding diaryl/α,β-unsaturated/α-hetero) is 1. The Morgan fingerprint density at radius 3 is 2.18 bits per heavy atom. The summed E-state index contributed by atoms with van der Waals surface area (Å²) in [5.41, 5.74) is 2.39. The van der Waals surface area contributed by atoms with Crippen molar-refractivity contribution in [2.75, 3.05) is 5.32 Å². The quantitative estimate of drug-likeness (QED) is 0.484. The second-order valence-electron chi connectivity index (χ2n) is 6.09. The van der Waals surface area contributed by atoms with Crippen LogP contribution in [-0.2, 0) is 13.1 Å². The van der Waals surface area contributed by atoms with Gasteiger partial charge in [0.2, 0.25) is 12.3 Å². The Hall–Kier alpha value is -3.35. The molecule has 0 aliphatic rings. The molecule has 1 aromatic heterocycles. The average molecular weight is 387 g/mol. The van der Waals surface area contributed by atoms with E-state index in [1.807, 2.05) is 42.5 Å². The maximum Gasteiger partial charge on any atom is 0.573 e. The molecule has 1 heterocycles. The van der Waals surface area contributed by atoms with Gasteiger partial charge in [-0.3, -0.25) is 4.79 Å². The van der Waals surface area contributed by atoms with E-state index in [4.69, 9.17) is 0 Å². The first kappa shape index (κ1) is 19.4. The van der Waals surface area contributed by atoms with Crippen molar-refractivity contribution in [3.05, 3.63) is 90.3 Å². The molecule has 4 nitrogen and oxygen atoms in total. The molecule has 0 aliphatic heterocycles. The van der Waals surface area contributed by atoms with Gasteiger partial charge in [0.25, 0.3) is 0 Å². The summed E-state index contributed by atoms with van der Waals surface area (Å²) < 4.78 is 42.0. The lowest BCUT2D eigenvalue weighted by molar-refractivity contribution is -0.683. The molecule has 3 aromatic rings. The number of benzene rings is 2. The van der Waals surface area contributed by atoms with Gasteiger partial charge in [0.15, 0.2) is 12.4 Å². The fraction of sp³-hybridized carbons (Fsp3) is 0.143. The number of hydrogen-bond acceptors (Lipinski definition) is 3. The van der Waals surface area contributed by atoms with Crippen LogP contribution >= 0.6 is 0 Å². The summed E-state index contributed by atoms with van der Waals surface area (Å²) in [6, 6.07) is 18.6. The van der Waals surface area contributed by atoms with E-state index in [2.05, 4.69) is 10.1 Å². The molecular formula is C21H18F3N2O2+. The highest BCUT2D eigenvalue weighted by Crippen LogP contribution is 2.22. The third-order valence-electron chi connectivity index (χ3n) is 3.97. The molecule has 0 bridgehead atoms. The second kappa shape index (κ2) is 8.56. The number of nitrogens with one attached hydrogen (secondary N) is 1. The molecule has 2 aromatic carbocycles. The fourth-order valence-corrected chi connectivity index (χ4v) is 2.58. The first-order valence-electron chi connectivity index (χ1n) is 8.55. The summed E-state index contributed by atoms with van der Waals surface area (Å²) in [5, 5.41) is 3.29. The predicted octanol–water partition coefficient (Wildman–Crippen LogP) is 4.37. The first-order valence-corrected chi connectivity index (χ1v) is 8.55. The SMILES string of the molecule is O=C(C[n+]1ccc(NCc2ccccc2)cc1)c1ccc(OC(F)(F)F)cc1. The van der Waals surface area contributed by atoms with Crippen LogP contribution in [-0.4, -0.2) is 12.1 Å². The molecule has 0 amide bonds. The van der Waals surface area contributed by atoms with Crippen molar-refractivity contribution in [1.29, 1.82) is 0 Å². The van der Waals surface area contributed by atoms with E-state index >= 15 is 0 Å². The number of halogens is 3. The van der Waals surface area contributed by atoms with E-state index in [1.54, 1.807) is 17.0 Å². The molecule has 0 fully saturated rings. The Morgan fingerprint density at radius 2 is 1.57 bits per heavy atom. The lowest BCUT2D eigenvalue weighted by atomic mass is 10.1. The normalized spacial score (nSPS) is 11.1. The Labute approximate surface area is 160 Å². The number of ether oxygens (including phenoxy) is 1. The van der Waals surface area contributed by atoms with Crippen molar-refractivity contribution < 1.29 is 27.3 Å². The van der Waals surface area contributed by atoms with Crippen LogP contribution in [0.2, 0.25) is 0 Å². The minimum Gasteiger partial charge on any atom is -0.406 e. The minimum atomic E-state index is -4.75. The standard InChI is InChI=1S/C21H17F3N2O2/c22-21(23,24)28-19-8-6-17(7-9-19)20(27)15-26-12-10-18(11-13-26)25-14-16-4-2-1-3-5-16/h1-13H,14-15H2/p+1. The minimum absolute atomic E-state index is 0.0818. The van der Waals surface area contributed by atoms with E-state index in [1.165, 1.54) is 12.1 Å². The highest BCUT2D eigenvalue weighted by molar-refractivity contribution is 5.95. The maximum absolute atomic E-state index is 12.3. The number of nitrogens with zero attached hydrogens (tertiary/aromatic N) is 1. The molecule has 7 heteroatoms. The molecule has 0 radical (unpaired) electrons. The predicted molar refractivity (Wildman–Crippen MR) is 97.9 cm³/mol. The van der Waals surface area contributed by atoms with Gasteiger partial charge in [0.1, 0.15) is 5.75 Å². The zero-order valence-electron chi connectivity index (χ0n) is 14.8. The van der Waals surface area contributed by atoms with Crippen molar-refractivity contribution in [2.45, 2.75) is 19.5 Å². The first-order chi connectivity index (χ1) is 13.4. The van der Waals surface area contributed by atoms with Crippen molar-refractivity contribution >= 4 is 11.5 Å². The molecule has 0 saturated heterocycles. The average Bonchev–Trinajstić information content (AvgIpc) is 2.67. The van der Waals surface area contributed by atoms with Crippen LogP contribution in [0.25, 0.3) is 0 Å². The van der Waals surface area contributed by atoms with E-state index in [-0.39, 0.29) is 18.1 Å². The van der Waals surface area contributed by atoms with Crippen LogP contribution < -0.4 is 14.6 Å². The van der Waals surface area contributed by atoms with Gasteiger partial charge >= 0.3 is 6.36 Å². The number of anilines is 1. The summed E-state index contributed by atoms with van der Waals surface area (Å²) in [5.74, 6) is -0.570. The van der Waals surface area contributed by atoms with Gasteiger partial charge in [-0.05, 0) is 29.8 Å². The third kappa shape index (κ3) is 5.84. The van der Waals surface area contributed by atoms with Crippen molar-refractivity contribution in [3.8, 4) is 5.75 Å². The fourth-order valence-electron chi connectivity index (χ4n) is 2.58. The van der Waals surface area contributed by atoms with Crippen LogP contribution in [0.1, 0.15) is 15.9 Å². The smallest absolute Gasteiger partial charge is 0.406 e. The molecule has 1 N–H and O–H groups in total. The van der Waals surface area contributed by atoms with Gasteiger partial charge in [-0.25, -0.2) is 0 Å². The molecule has 0 aliphatic carbocycles. The van der Waals surface area contributed by atoms with Crippen LogP contribution in [0.4, 0.5) is 18.9 Å². The highest BCUT2D eigenvalue weighted by Gasteiger charge is 2.31. The Kier molecular flexibility index (Phi) is 5.93. The third-order valence-corrected chi connectivity index (χ3v) is 3.97. The number of rotatable bonds is 7. The Balaban J connectivity index is 1.55.